The van der Waals surface area contributed by atoms with E-state index < -0.39 is 0 Å². The average molecular weight is 318 g/mol. The summed E-state index contributed by atoms with van der Waals surface area (Å²) in [6.07, 6.45) is 5.31. The van der Waals surface area contributed by atoms with Gasteiger partial charge in [-0.3, -0.25) is 0 Å². The molecule has 0 fully saturated rings. The fraction of sp³-hybridized carbons (Fsp3) is 0.938. The van der Waals surface area contributed by atoms with Crippen molar-refractivity contribution in [2.24, 2.45) is 5.92 Å². The molecule has 126 valence electrons. The molecular weight excluding hydrogens is 282 g/mol. The topological polar surface area (TPSA) is 53.2 Å². The third-order valence-corrected chi connectivity index (χ3v) is 4.18. The van der Waals surface area contributed by atoms with Crippen LogP contribution < -0.4 is 16.0 Å². The molecule has 5 heteroatoms. The predicted molar refractivity (Wildman–Crippen MR) is 95.3 cm³/mol. The van der Waals surface area contributed by atoms with Crippen molar-refractivity contribution in [3.05, 3.63) is 0 Å². The first-order chi connectivity index (χ1) is 9.93. The molecule has 0 radical (unpaired) electrons. The second-order valence-corrected chi connectivity index (χ2v) is 6.83. The summed E-state index contributed by atoms with van der Waals surface area (Å²) in [6.45, 7) is 11.5. The number of hydrogen-bond donors (Lipinski definition) is 4. The average Bonchev–Trinajstić information content (AvgIpc) is 2.43. The zero-order valence-corrected chi connectivity index (χ0v) is 15.2. The summed E-state index contributed by atoms with van der Waals surface area (Å²) in [6, 6.07) is -0.0669. The molecule has 0 aromatic rings. The number of urea groups is 1. The van der Waals surface area contributed by atoms with Crippen LogP contribution in [0.4, 0.5) is 4.79 Å². The van der Waals surface area contributed by atoms with Gasteiger partial charge in [0.25, 0.3) is 0 Å². The van der Waals surface area contributed by atoms with Crippen molar-refractivity contribution >= 4 is 18.7 Å². The monoisotopic (exact) mass is 317 g/mol. The summed E-state index contributed by atoms with van der Waals surface area (Å²) in [5.41, 5.74) is 0.180. The first-order valence-electron chi connectivity index (χ1n) is 8.31. The molecule has 0 saturated heterocycles. The lowest BCUT2D eigenvalue weighted by atomic mass is 9.92. The minimum absolute atomic E-state index is 0.0669. The number of amides is 2. The summed E-state index contributed by atoms with van der Waals surface area (Å²) < 4.78 is 0. The largest absolute Gasteiger partial charge is 0.338 e. The van der Waals surface area contributed by atoms with Crippen molar-refractivity contribution in [2.45, 2.75) is 65.3 Å². The minimum atomic E-state index is -0.0669. The number of rotatable bonds is 12. The molecule has 4 nitrogen and oxygen atoms in total. The maximum atomic E-state index is 11.5. The number of carbonyl (C=O) groups is 1. The zero-order valence-electron chi connectivity index (χ0n) is 14.3. The Morgan fingerprint density at radius 1 is 1.14 bits per heavy atom. The predicted octanol–water partition coefficient (Wildman–Crippen LogP) is 3.19. The van der Waals surface area contributed by atoms with Crippen molar-refractivity contribution in [2.75, 3.05) is 25.4 Å². The number of hydrogen-bond acceptors (Lipinski definition) is 3. The van der Waals surface area contributed by atoms with E-state index in [-0.39, 0.29) is 11.6 Å². The summed E-state index contributed by atoms with van der Waals surface area (Å²) in [4.78, 5) is 11.5. The summed E-state index contributed by atoms with van der Waals surface area (Å²) in [7, 11) is 0. The van der Waals surface area contributed by atoms with Crippen molar-refractivity contribution in [1.29, 1.82) is 0 Å². The number of thiol groups is 1. The second kappa shape index (κ2) is 12.2. The number of nitrogens with one attached hydrogen (secondary N) is 3. The van der Waals surface area contributed by atoms with Crippen LogP contribution in [0.5, 0.6) is 0 Å². The van der Waals surface area contributed by atoms with Gasteiger partial charge in [0.05, 0.1) is 0 Å². The molecule has 2 amide bonds. The van der Waals surface area contributed by atoms with E-state index in [0.717, 1.165) is 50.4 Å². The van der Waals surface area contributed by atoms with Gasteiger partial charge < -0.3 is 16.0 Å². The van der Waals surface area contributed by atoms with Crippen LogP contribution in [0.2, 0.25) is 0 Å². The Morgan fingerprint density at radius 2 is 1.76 bits per heavy atom. The van der Waals surface area contributed by atoms with Gasteiger partial charge in [-0.15, -0.1) is 0 Å². The molecule has 1 atom stereocenters. The van der Waals surface area contributed by atoms with Crippen LogP contribution in [-0.4, -0.2) is 37.0 Å². The van der Waals surface area contributed by atoms with Gasteiger partial charge in [0.15, 0.2) is 0 Å². The first-order valence-corrected chi connectivity index (χ1v) is 8.94. The van der Waals surface area contributed by atoms with Crippen LogP contribution in [0.15, 0.2) is 0 Å². The van der Waals surface area contributed by atoms with Crippen molar-refractivity contribution in [1.82, 2.24) is 16.0 Å². The lowest BCUT2D eigenvalue weighted by Gasteiger charge is -2.30. The standard InChI is InChI=1S/C16H35N3OS/c1-5-16(4,19-12-8-14(2)3)9-6-10-17-15(20)18-11-7-13-21/h14,19,21H,5-13H2,1-4H3,(H2,17,18,20). The summed E-state index contributed by atoms with van der Waals surface area (Å²) >= 11 is 4.11. The van der Waals surface area contributed by atoms with E-state index in [1.54, 1.807) is 0 Å². The van der Waals surface area contributed by atoms with E-state index in [1.165, 1.54) is 6.42 Å². The van der Waals surface area contributed by atoms with E-state index >= 15 is 0 Å². The highest BCUT2D eigenvalue weighted by molar-refractivity contribution is 7.80. The molecule has 0 aliphatic carbocycles. The molecule has 0 aliphatic rings. The Kier molecular flexibility index (Phi) is 11.9. The maximum Gasteiger partial charge on any atom is 0.314 e. The molecule has 0 aromatic heterocycles. The van der Waals surface area contributed by atoms with Gasteiger partial charge in [-0.25, -0.2) is 4.79 Å². The Labute approximate surface area is 136 Å². The molecule has 0 aliphatic heterocycles. The molecule has 1 unspecified atom stereocenters. The van der Waals surface area contributed by atoms with Gasteiger partial charge >= 0.3 is 6.03 Å². The lowest BCUT2D eigenvalue weighted by molar-refractivity contribution is 0.239. The van der Waals surface area contributed by atoms with Crippen LogP contribution >= 0.6 is 12.6 Å². The molecule has 0 rings (SSSR count). The van der Waals surface area contributed by atoms with E-state index in [4.69, 9.17) is 0 Å². The third-order valence-electron chi connectivity index (χ3n) is 3.87. The second-order valence-electron chi connectivity index (χ2n) is 6.39. The lowest BCUT2D eigenvalue weighted by Crippen LogP contribution is -2.43. The molecule has 0 saturated carbocycles. The van der Waals surface area contributed by atoms with Crippen molar-refractivity contribution < 1.29 is 4.79 Å². The highest BCUT2D eigenvalue weighted by atomic mass is 32.1. The SMILES string of the molecule is CCC(C)(CCCNC(=O)NCCCS)NCCC(C)C. The highest BCUT2D eigenvalue weighted by Crippen LogP contribution is 2.16. The van der Waals surface area contributed by atoms with Gasteiger partial charge in [0.2, 0.25) is 0 Å². The van der Waals surface area contributed by atoms with Gasteiger partial charge in [0.1, 0.15) is 0 Å². The normalized spacial score (nSPS) is 14.0. The third kappa shape index (κ3) is 11.9. The van der Waals surface area contributed by atoms with E-state index in [0.29, 0.717) is 6.54 Å². The molecule has 3 N–H and O–H groups in total. The molecular formula is C16H35N3OS. The van der Waals surface area contributed by atoms with Crippen LogP contribution in [0, 0.1) is 5.92 Å². The van der Waals surface area contributed by atoms with Crippen LogP contribution in [0.1, 0.15) is 59.8 Å². The maximum absolute atomic E-state index is 11.5. The van der Waals surface area contributed by atoms with Gasteiger partial charge in [0, 0.05) is 18.6 Å². The van der Waals surface area contributed by atoms with Gasteiger partial charge in [-0.1, -0.05) is 20.8 Å². The summed E-state index contributed by atoms with van der Waals surface area (Å²) in [5.74, 6) is 1.54. The van der Waals surface area contributed by atoms with Gasteiger partial charge in [-0.2, -0.15) is 12.6 Å². The Balaban J connectivity index is 3.77. The minimum Gasteiger partial charge on any atom is -0.338 e. The van der Waals surface area contributed by atoms with E-state index in [9.17, 15) is 4.79 Å². The van der Waals surface area contributed by atoms with E-state index in [1.807, 2.05) is 0 Å². The zero-order chi connectivity index (χ0) is 16.1. The Hall–Kier alpha value is -0.420. The molecule has 0 bridgehead atoms. The molecule has 0 aromatic carbocycles. The Morgan fingerprint density at radius 3 is 2.29 bits per heavy atom. The first kappa shape index (κ1) is 20.6. The smallest absolute Gasteiger partial charge is 0.314 e. The highest BCUT2D eigenvalue weighted by Gasteiger charge is 2.20. The quantitative estimate of drug-likeness (QED) is 0.330. The Bertz CT molecular complexity index is 274. The van der Waals surface area contributed by atoms with Crippen molar-refractivity contribution in [3.63, 3.8) is 0 Å². The van der Waals surface area contributed by atoms with E-state index in [2.05, 4.69) is 56.3 Å². The van der Waals surface area contributed by atoms with Crippen LogP contribution in [0.3, 0.4) is 0 Å². The molecule has 0 spiro atoms. The van der Waals surface area contributed by atoms with Gasteiger partial charge in [-0.05, 0) is 57.2 Å². The number of carbonyl (C=O) groups excluding carboxylic acids is 1. The fourth-order valence-electron chi connectivity index (χ4n) is 2.08. The molecule has 21 heavy (non-hydrogen) atoms. The fourth-order valence-corrected chi connectivity index (χ4v) is 2.23. The summed E-state index contributed by atoms with van der Waals surface area (Å²) in [5, 5.41) is 9.41. The van der Waals surface area contributed by atoms with Crippen LogP contribution in [0.25, 0.3) is 0 Å². The molecule has 0 heterocycles. The van der Waals surface area contributed by atoms with Crippen molar-refractivity contribution in [3.8, 4) is 0 Å². The van der Waals surface area contributed by atoms with Crippen LogP contribution in [-0.2, 0) is 0 Å².